The first-order chi connectivity index (χ1) is 9.99. The SMILES string of the molecule is CN(Cc1ccco1)C(=O)CN(C)C1COCC1C(=O)O. The third-order valence-electron chi connectivity index (χ3n) is 3.72. The number of likely N-dealkylation sites (N-methyl/N-ethyl adjacent to an activating group) is 2. The highest BCUT2D eigenvalue weighted by Gasteiger charge is 2.37. The summed E-state index contributed by atoms with van der Waals surface area (Å²) in [7, 11) is 3.44. The van der Waals surface area contributed by atoms with E-state index in [1.807, 2.05) is 0 Å². The van der Waals surface area contributed by atoms with Crippen LogP contribution in [0.4, 0.5) is 0 Å². The van der Waals surface area contributed by atoms with Gasteiger partial charge < -0.3 is 19.2 Å². The number of carboxylic acid groups (broad SMARTS) is 1. The van der Waals surface area contributed by atoms with Crippen LogP contribution in [0.25, 0.3) is 0 Å². The van der Waals surface area contributed by atoms with Crippen molar-refractivity contribution in [3.8, 4) is 0 Å². The summed E-state index contributed by atoms with van der Waals surface area (Å²) in [5.74, 6) is -0.857. The van der Waals surface area contributed by atoms with E-state index in [2.05, 4.69) is 0 Å². The Morgan fingerprint density at radius 2 is 2.14 bits per heavy atom. The van der Waals surface area contributed by atoms with Crippen LogP contribution in [0, 0.1) is 5.92 Å². The van der Waals surface area contributed by atoms with Gasteiger partial charge in [0, 0.05) is 13.1 Å². The van der Waals surface area contributed by atoms with Crippen molar-refractivity contribution in [3.05, 3.63) is 24.2 Å². The smallest absolute Gasteiger partial charge is 0.310 e. The highest BCUT2D eigenvalue weighted by molar-refractivity contribution is 5.78. The summed E-state index contributed by atoms with van der Waals surface area (Å²) in [5, 5.41) is 9.13. The van der Waals surface area contributed by atoms with Crippen LogP contribution < -0.4 is 0 Å². The number of nitrogens with zero attached hydrogens (tertiary/aromatic N) is 2. The van der Waals surface area contributed by atoms with Gasteiger partial charge in [-0.1, -0.05) is 0 Å². The summed E-state index contributed by atoms with van der Waals surface area (Å²) in [6.07, 6.45) is 1.56. The number of ether oxygens (including phenoxy) is 1. The third kappa shape index (κ3) is 3.83. The van der Waals surface area contributed by atoms with Gasteiger partial charge in [0.1, 0.15) is 5.76 Å². The Balaban J connectivity index is 1.88. The molecule has 1 aliphatic heterocycles. The molecule has 1 fully saturated rings. The highest BCUT2D eigenvalue weighted by atomic mass is 16.5. The number of hydrogen-bond acceptors (Lipinski definition) is 5. The second kappa shape index (κ2) is 6.73. The molecule has 0 spiro atoms. The van der Waals surface area contributed by atoms with Gasteiger partial charge in [-0.15, -0.1) is 0 Å². The number of carboxylic acids is 1. The van der Waals surface area contributed by atoms with Crippen molar-refractivity contribution in [2.45, 2.75) is 12.6 Å². The average Bonchev–Trinajstić information content (AvgIpc) is 3.08. The molecule has 1 saturated heterocycles. The van der Waals surface area contributed by atoms with Gasteiger partial charge in [-0.05, 0) is 19.2 Å². The van der Waals surface area contributed by atoms with Crippen LogP contribution in [0.2, 0.25) is 0 Å². The lowest BCUT2D eigenvalue weighted by Gasteiger charge is -2.27. The van der Waals surface area contributed by atoms with Crippen LogP contribution in [0.3, 0.4) is 0 Å². The molecule has 1 aliphatic rings. The second-order valence-corrected chi connectivity index (χ2v) is 5.29. The zero-order valence-corrected chi connectivity index (χ0v) is 12.2. The Morgan fingerprint density at radius 1 is 1.38 bits per heavy atom. The fourth-order valence-electron chi connectivity index (χ4n) is 2.39. The van der Waals surface area contributed by atoms with Gasteiger partial charge in [-0.25, -0.2) is 0 Å². The van der Waals surface area contributed by atoms with Gasteiger partial charge >= 0.3 is 5.97 Å². The van der Waals surface area contributed by atoms with Crippen molar-refractivity contribution in [2.24, 2.45) is 5.92 Å². The van der Waals surface area contributed by atoms with Gasteiger partial charge in [0.05, 0.1) is 38.5 Å². The minimum Gasteiger partial charge on any atom is -0.481 e. The van der Waals surface area contributed by atoms with Crippen molar-refractivity contribution in [1.82, 2.24) is 9.80 Å². The van der Waals surface area contributed by atoms with Crippen LogP contribution in [-0.2, 0) is 20.9 Å². The van der Waals surface area contributed by atoms with Crippen LogP contribution in [0.1, 0.15) is 5.76 Å². The maximum absolute atomic E-state index is 12.2. The zero-order valence-electron chi connectivity index (χ0n) is 12.2. The summed E-state index contributed by atoms with van der Waals surface area (Å²) in [5.41, 5.74) is 0. The highest BCUT2D eigenvalue weighted by Crippen LogP contribution is 2.19. The molecular weight excluding hydrogens is 276 g/mol. The van der Waals surface area contributed by atoms with Gasteiger partial charge in [0.2, 0.25) is 5.91 Å². The van der Waals surface area contributed by atoms with E-state index in [9.17, 15) is 9.59 Å². The van der Waals surface area contributed by atoms with Gasteiger partial charge in [0.25, 0.3) is 0 Å². The molecule has 1 aromatic rings. The van der Waals surface area contributed by atoms with E-state index in [-0.39, 0.29) is 25.1 Å². The fourth-order valence-corrected chi connectivity index (χ4v) is 2.39. The van der Waals surface area contributed by atoms with Crippen LogP contribution in [-0.4, -0.2) is 66.7 Å². The summed E-state index contributed by atoms with van der Waals surface area (Å²) in [6.45, 7) is 1.07. The molecule has 1 aromatic heterocycles. The lowest BCUT2D eigenvalue weighted by molar-refractivity contribution is -0.144. The molecular formula is C14H20N2O5. The standard InChI is InChI=1S/C14H20N2O5/c1-15(12-9-20-8-11(12)14(18)19)7-13(17)16(2)6-10-4-3-5-21-10/h3-5,11-12H,6-9H2,1-2H3,(H,18,19). The molecule has 2 rings (SSSR count). The molecule has 0 saturated carbocycles. The molecule has 21 heavy (non-hydrogen) atoms. The van der Waals surface area contributed by atoms with E-state index >= 15 is 0 Å². The molecule has 7 nitrogen and oxygen atoms in total. The largest absolute Gasteiger partial charge is 0.481 e. The van der Waals surface area contributed by atoms with E-state index in [0.29, 0.717) is 18.9 Å². The fraction of sp³-hybridized carbons (Fsp3) is 0.571. The number of carbonyl (C=O) groups excluding carboxylic acids is 1. The molecule has 1 N–H and O–H groups in total. The topological polar surface area (TPSA) is 83.2 Å². The molecule has 2 atom stereocenters. The molecule has 7 heteroatoms. The van der Waals surface area contributed by atoms with Crippen molar-refractivity contribution in [1.29, 1.82) is 0 Å². The third-order valence-corrected chi connectivity index (χ3v) is 3.72. The molecule has 1 amide bonds. The molecule has 116 valence electrons. The monoisotopic (exact) mass is 296 g/mol. The summed E-state index contributed by atoms with van der Waals surface area (Å²) in [6, 6.07) is 3.30. The predicted molar refractivity (Wildman–Crippen MR) is 73.5 cm³/mol. The zero-order chi connectivity index (χ0) is 15.4. The quantitative estimate of drug-likeness (QED) is 0.811. The minimum atomic E-state index is -0.888. The Morgan fingerprint density at radius 3 is 2.76 bits per heavy atom. The molecule has 0 radical (unpaired) electrons. The molecule has 0 bridgehead atoms. The summed E-state index contributed by atoms with van der Waals surface area (Å²) in [4.78, 5) is 26.6. The molecule has 0 aromatic carbocycles. The maximum Gasteiger partial charge on any atom is 0.310 e. The first-order valence-electron chi connectivity index (χ1n) is 6.76. The lowest BCUT2D eigenvalue weighted by atomic mass is 10.0. The van der Waals surface area contributed by atoms with Gasteiger partial charge in [-0.3, -0.25) is 14.5 Å². The number of carbonyl (C=O) groups is 2. The van der Waals surface area contributed by atoms with Crippen LogP contribution in [0.15, 0.2) is 22.8 Å². The van der Waals surface area contributed by atoms with E-state index in [4.69, 9.17) is 14.3 Å². The van der Waals surface area contributed by atoms with Crippen molar-refractivity contribution in [3.63, 3.8) is 0 Å². The van der Waals surface area contributed by atoms with E-state index in [1.165, 1.54) is 0 Å². The Bertz CT molecular complexity index is 488. The number of amides is 1. The van der Waals surface area contributed by atoms with E-state index < -0.39 is 11.9 Å². The Labute approximate surface area is 123 Å². The Hall–Kier alpha value is -1.86. The van der Waals surface area contributed by atoms with E-state index in [0.717, 1.165) is 0 Å². The van der Waals surface area contributed by atoms with Crippen molar-refractivity contribution in [2.75, 3.05) is 33.9 Å². The number of rotatable bonds is 6. The first kappa shape index (κ1) is 15.5. The second-order valence-electron chi connectivity index (χ2n) is 5.29. The predicted octanol–water partition coefficient (Wildman–Crippen LogP) is 0.269. The van der Waals surface area contributed by atoms with Crippen LogP contribution >= 0.6 is 0 Å². The van der Waals surface area contributed by atoms with Crippen molar-refractivity contribution < 1.29 is 23.8 Å². The molecule has 2 unspecified atom stereocenters. The average molecular weight is 296 g/mol. The number of hydrogen-bond donors (Lipinski definition) is 1. The normalized spacial score (nSPS) is 21.7. The summed E-state index contributed by atoms with van der Waals surface area (Å²) >= 11 is 0. The Kier molecular flexibility index (Phi) is 4.98. The van der Waals surface area contributed by atoms with Crippen LogP contribution in [0.5, 0.6) is 0 Å². The maximum atomic E-state index is 12.2. The molecule has 0 aliphatic carbocycles. The lowest BCUT2D eigenvalue weighted by Crippen LogP contribution is -2.45. The van der Waals surface area contributed by atoms with Gasteiger partial charge in [0.15, 0.2) is 0 Å². The molecule has 2 heterocycles. The minimum absolute atomic E-state index is 0.0926. The van der Waals surface area contributed by atoms with E-state index in [1.54, 1.807) is 42.3 Å². The van der Waals surface area contributed by atoms with Gasteiger partial charge in [-0.2, -0.15) is 0 Å². The first-order valence-corrected chi connectivity index (χ1v) is 6.76. The summed E-state index contributed by atoms with van der Waals surface area (Å²) < 4.78 is 10.4. The number of aliphatic carboxylic acids is 1. The van der Waals surface area contributed by atoms with Crippen molar-refractivity contribution >= 4 is 11.9 Å². The number of furan rings is 1.